The third-order valence-electron chi connectivity index (χ3n) is 3.74. The summed E-state index contributed by atoms with van der Waals surface area (Å²) in [5, 5.41) is 0. The number of sulfonamides is 1. The van der Waals surface area contributed by atoms with Gasteiger partial charge in [-0.3, -0.25) is 0 Å². The predicted molar refractivity (Wildman–Crippen MR) is 86.1 cm³/mol. The van der Waals surface area contributed by atoms with Gasteiger partial charge in [0.2, 0.25) is 0 Å². The van der Waals surface area contributed by atoms with E-state index in [1.807, 2.05) is 19.9 Å². The van der Waals surface area contributed by atoms with Crippen molar-refractivity contribution < 1.29 is 8.42 Å². The molecule has 7 heteroatoms. The molecule has 1 aromatic rings. The van der Waals surface area contributed by atoms with Gasteiger partial charge in [-0.2, -0.15) is 4.31 Å². The number of halogens is 1. The Bertz CT molecular complexity index is 528. The highest BCUT2D eigenvalue weighted by atomic mass is 35.5. The standard InChI is InChI=1S/C13H22N2O2S2.ClH/c1-3-12-6-7-13(18-12)19(16,17)15-8-4-5-11(9-15)10(2)14;/h6-7,10-11H,3-5,8-9,14H2,1-2H3;1H. The molecule has 116 valence electrons. The molecule has 1 saturated heterocycles. The van der Waals surface area contributed by atoms with Crippen molar-refractivity contribution in [3.8, 4) is 0 Å². The van der Waals surface area contributed by atoms with Crippen LogP contribution in [0.1, 0.15) is 31.6 Å². The average molecular weight is 339 g/mol. The predicted octanol–water partition coefficient (Wildman–Crippen LogP) is 2.48. The largest absolute Gasteiger partial charge is 0.328 e. The smallest absolute Gasteiger partial charge is 0.252 e. The molecule has 1 aliphatic heterocycles. The second-order valence-electron chi connectivity index (χ2n) is 5.20. The summed E-state index contributed by atoms with van der Waals surface area (Å²) >= 11 is 1.38. The molecule has 1 fully saturated rings. The van der Waals surface area contributed by atoms with Gasteiger partial charge in [0, 0.05) is 24.0 Å². The Hall–Kier alpha value is -0.140. The number of thiophene rings is 1. The lowest BCUT2D eigenvalue weighted by molar-refractivity contribution is 0.243. The molecule has 2 unspecified atom stereocenters. The number of piperidine rings is 1. The van der Waals surface area contributed by atoms with E-state index in [1.165, 1.54) is 11.3 Å². The lowest BCUT2D eigenvalue weighted by atomic mass is 9.93. The van der Waals surface area contributed by atoms with E-state index in [-0.39, 0.29) is 24.4 Å². The minimum atomic E-state index is -3.32. The zero-order valence-electron chi connectivity index (χ0n) is 11.9. The van der Waals surface area contributed by atoms with Crippen molar-refractivity contribution >= 4 is 33.8 Å². The van der Waals surface area contributed by atoms with Crippen LogP contribution in [0.5, 0.6) is 0 Å². The van der Waals surface area contributed by atoms with Gasteiger partial charge < -0.3 is 5.73 Å². The number of rotatable bonds is 4. The van der Waals surface area contributed by atoms with Gasteiger partial charge in [-0.1, -0.05) is 6.92 Å². The Labute approximate surface area is 131 Å². The average Bonchev–Trinajstić information content (AvgIpc) is 2.88. The zero-order chi connectivity index (χ0) is 14.0. The molecule has 2 atom stereocenters. The Kier molecular flexibility index (Phi) is 6.47. The normalized spacial score (nSPS) is 22.2. The van der Waals surface area contributed by atoms with Crippen LogP contribution in [-0.2, 0) is 16.4 Å². The van der Waals surface area contributed by atoms with E-state index in [2.05, 4.69) is 0 Å². The van der Waals surface area contributed by atoms with Crippen LogP contribution in [0.15, 0.2) is 16.3 Å². The molecule has 0 bridgehead atoms. The number of nitrogens with two attached hydrogens (primary N) is 1. The maximum Gasteiger partial charge on any atom is 0.252 e. The van der Waals surface area contributed by atoms with Crippen LogP contribution in [0.2, 0.25) is 0 Å². The molecule has 2 N–H and O–H groups in total. The lowest BCUT2D eigenvalue weighted by Crippen LogP contribution is -2.44. The molecule has 20 heavy (non-hydrogen) atoms. The lowest BCUT2D eigenvalue weighted by Gasteiger charge is -2.33. The maximum atomic E-state index is 12.6. The molecule has 4 nitrogen and oxygen atoms in total. The van der Waals surface area contributed by atoms with E-state index in [0.29, 0.717) is 17.3 Å². The van der Waals surface area contributed by atoms with E-state index in [1.54, 1.807) is 10.4 Å². The zero-order valence-corrected chi connectivity index (χ0v) is 14.4. The topological polar surface area (TPSA) is 63.4 Å². The van der Waals surface area contributed by atoms with Gasteiger partial charge in [0.1, 0.15) is 4.21 Å². The number of hydrogen-bond donors (Lipinski definition) is 1. The van der Waals surface area contributed by atoms with Crippen molar-refractivity contribution in [2.75, 3.05) is 13.1 Å². The molecule has 0 amide bonds. The van der Waals surface area contributed by atoms with Crippen molar-refractivity contribution in [1.29, 1.82) is 0 Å². The van der Waals surface area contributed by atoms with E-state index in [9.17, 15) is 8.42 Å². The highest BCUT2D eigenvalue weighted by Gasteiger charge is 2.32. The van der Waals surface area contributed by atoms with Gasteiger partial charge in [-0.15, -0.1) is 23.7 Å². The second-order valence-corrected chi connectivity index (χ2v) is 8.53. The molecule has 0 aromatic carbocycles. The van der Waals surface area contributed by atoms with E-state index in [0.717, 1.165) is 24.1 Å². The van der Waals surface area contributed by atoms with Crippen LogP contribution in [0.3, 0.4) is 0 Å². The van der Waals surface area contributed by atoms with E-state index >= 15 is 0 Å². The van der Waals surface area contributed by atoms with Crippen LogP contribution < -0.4 is 5.73 Å². The van der Waals surface area contributed by atoms with Crippen LogP contribution in [0, 0.1) is 5.92 Å². The summed E-state index contributed by atoms with van der Waals surface area (Å²) in [7, 11) is -3.32. The second kappa shape index (κ2) is 7.22. The summed E-state index contributed by atoms with van der Waals surface area (Å²) in [6.07, 6.45) is 2.80. The molecule has 0 radical (unpaired) electrons. The Morgan fingerprint density at radius 1 is 1.50 bits per heavy atom. The van der Waals surface area contributed by atoms with Gasteiger partial charge in [0.05, 0.1) is 0 Å². The van der Waals surface area contributed by atoms with Crippen LogP contribution in [-0.4, -0.2) is 31.9 Å². The summed E-state index contributed by atoms with van der Waals surface area (Å²) < 4.78 is 27.2. The van der Waals surface area contributed by atoms with Crippen molar-refractivity contribution in [2.24, 2.45) is 11.7 Å². The Balaban J connectivity index is 0.00000200. The van der Waals surface area contributed by atoms with Crippen LogP contribution in [0.25, 0.3) is 0 Å². The third-order valence-corrected chi connectivity index (χ3v) is 7.31. The van der Waals surface area contributed by atoms with Crippen molar-refractivity contribution in [1.82, 2.24) is 4.31 Å². The Morgan fingerprint density at radius 2 is 2.20 bits per heavy atom. The molecule has 0 aliphatic carbocycles. The highest BCUT2D eigenvalue weighted by Crippen LogP contribution is 2.29. The molecular formula is C13H23ClN2O2S2. The van der Waals surface area contributed by atoms with E-state index < -0.39 is 10.0 Å². The first-order chi connectivity index (χ1) is 8.95. The highest BCUT2D eigenvalue weighted by molar-refractivity contribution is 7.91. The molecule has 1 aromatic heterocycles. The number of aryl methyl sites for hydroxylation is 1. The van der Waals surface area contributed by atoms with Crippen molar-refractivity contribution in [2.45, 2.75) is 43.4 Å². The fourth-order valence-electron chi connectivity index (χ4n) is 2.44. The maximum absolute atomic E-state index is 12.6. The number of hydrogen-bond acceptors (Lipinski definition) is 4. The van der Waals surface area contributed by atoms with Crippen molar-refractivity contribution in [3.05, 3.63) is 17.0 Å². The summed E-state index contributed by atoms with van der Waals surface area (Å²) in [6.45, 7) is 5.17. The molecule has 2 heterocycles. The first-order valence-electron chi connectivity index (χ1n) is 6.79. The Morgan fingerprint density at radius 3 is 2.75 bits per heavy atom. The van der Waals surface area contributed by atoms with Gasteiger partial charge in [-0.25, -0.2) is 8.42 Å². The minimum absolute atomic E-state index is 0. The van der Waals surface area contributed by atoms with Gasteiger partial charge >= 0.3 is 0 Å². The summed E-state index contributed by atoms with van der Waals surface area (Å²) in [5.41, 5.74) is 5.92. The monoisotopic (exact) mass is 338 g/mol. The van der Waals surface area contributed by atoms with Crippen LogP contribution in [0.4, 0.5) is 0 Å². The molecular weight excluding hydrogens is 316 g/mol. The first-order valence-corrected chi connectivity index (χ1v) is 9.05. The van der Waals surface area contributed by atoms with Gasteiger partial charge in [-0.05, 0) is 44.2 Å². The molecule has 0 saturated carbocycles. The molecule has 1 aliphatic rings. The van der Waals surface area contributed by atoms with Gasteiger partial charge in [0.25, 0.3) is 10.0 Å². The van der Waals surface area contributed by atoms with Crippen LogP contribution >= 0.6 is 23.7 Å². The fourth-order valence-corrected chi connectivity index (χ4v) is 5.42. The first kappa shape index (κ1) is 17.9. The fraction of sp³-hybridized carbons (Fsp3) is 0.692. The summed E-state index contributed by atoms with van der Waals surface area (Å²) in [5.74, 6) is 0.272. The molecule has 0 spiro atoms. The SMILES string of the molecule is CCc1ccc(S(=O)(=O)N2CCCC(C(C)N)C2)s1.Cl. The summed E-state index contributed by atoms with van der Waals surface area (Å²) in [4.78, 5) is 1.11. The molecule has 2 rings (SSSR count). The quantitative estimate of drug-likeness (QED) is 0.917. The number of nitrogens with zero attached hydrogens (tertiary/aromatic N) is 1. The van der Waals surface area contributed by atoms with Gasteiger partial charge in [0.15, 0.2) is 0 Å². The minimum Gasteiger partial charge on any atom is -0.328 e. The van der Waals surface area contributed by atoms with Crippen molar-refractivity contribution in [3.63, 3.8) is 0 Å². The third kappa shape index (κ3) is 3.74. The van der Waals surface area contributed by atoms with E-state index in [4.69, 9.17) is 5.73 Å². The summed E-state index contributed by atoms with van der Waals surface area (Å²) in [6, 6.07) is 3.69.